The van der Waals surface area contributed by atoms with E-state index in [9.17, 15) is 13.2 Å². The molecule has 7 nitrogen and oxygen atoms in total. The number of nitrogens with two attached hydrogens (primary N) is 1. The Bertz CT molecular complexity index is 501. The standard InChI is InChI=1S/C9H14N4O3S/c1-11-7-2-4-12-6-8(7)17(15,16)13-5-3-9(10)14/h2,4,6,13H,3,5H2,1H3,(H2,10,14)(H,11,12). The van der Waals surface area contributed by atoms with Gasteiger partial charge in [0, 0.05) is 32.4 Å². The normalized spacial score (nSPS) is 11.1. The molecule has 0 spiro atoms. The van der Waals surface area contributed by atoms with Crippen molar-refractivity contribution in [3.8, 4) is 0 Å². The summed E-state index contributed by atoms with van der Waals surface area (Å²) < 4.78 is 26.0. The van der Waals surface area contributed by atoms with Crippen LogP contribution in [-0.2, 0) is 14.8 Å². The van der Waals surface area contributed by atoms with Crippen molar-refractivity contribution in [2.24, 2.45) is 5.73 Å². The fourth-order valence-electron chi connectivity index (χ4n) is 1.19. The van der Waals surface area contributed by atoms with E-state index in [-0.39, 0.29) is 17.9 Å². The van der Waals surface area contributed by atoms with Crippen LogP contribution in [0.2, 0.25) is 0 Å². The van der Waals surface area contributed by atoms with Gasteiger partial charge in [-0.3, -0.25) is 9.78 Å². The number of rotatable bonds is 6. The number of hydrogen-bond acceptors (Lipinski definition) is 5. The highest BCUT2D eigenvalue weighted by molar-refractivity contribution is 7.89. The predicted molar refractivity (Wildman–Crippen MR) is 62.8 cm³/mol. The lowest BCUT2D eigenvalue weighted by Gasteiger charge is -2.09. The van der Waals surface area contributed by atoms with Crippen LogP contribution < -0.4 is 15.8 Å². The van der Waals surface area contributed by atoms with Crippen LogP contribution in [0.1, 0.15) is 6.42 Å². The van der Waals surface area contributed by atoms with Crippen LogP contribution >= 0.6 is 0 Å². The van der Waals surface area contributed by atoms with Crippen molar-refractivity contribution in [1.29, 1.82) is 0 Å². The fraction of sp³-hybridized carbons (Fsp3) is 0.333. The third kappa shape index (κ3) is 3.68. The third-order valence-electron chi connectivity index (χ3n) is 2.01. The number of anilines is 1. The molecule has 0 unspecified atom stereocenters. The van der Waals surface area contributed by atoms with Crippen LogP contribution in [0.4, 0.5) is 5.69 Å². The molecule has 1 aromatic heterocycles. The quantitative estimate of drug-likeness (QED) is 0.623. The number of primary amides is 1. The summed E-state index contributed by atoms with van der Waals surface area (Å²) in [6.07, 6.45) is 2.67. The van der Waals surface area contributed by atoms with Crippen LogP contribution in [0.5, 0.6) is 0 Å². The number of sulfonamides is 1. The summed E-state index contributed by atoms with van der Waals surface area (Å²) in [6.45, 7) is -0.0320. The summed E-state index contributed by atoms with van der Waals surface area (Å²) in [4.78, 5) is 14.3. The maximum atomic E-state index is 11.9. The first-order chi connectivity index (χ1) is 7.97. The summed E-state index contributed by atoms with van der Waals surface area (Å²) in [5, 5.41) is 2.75. The molecule has 1 amide bonds. The molecule has 0 saturated heterocycles. The first-order valence-corrected chi connectivity index (χ1v) is 6.35. The highest BCUT2D eigenvalue weighted by Gasteiger charge is 2.17. The second-order valence-corrected chi connectivity index (χ2v) is 4.97. The van der Waals surface area contributed by atoms with Crippen LogP contribution in [0.3, 0.4) is 0 Å². The van der Waals surface area contributed by atoms with Crippen molar-refractivity contribution in [1.82, 2.24) is 9.71 Å². The van der Waals surface area contributed by atoms with Gasteiger partial charge in [-0.15, -0.1) is 0 Å². The van der Waals surface area contributed by atoms with E-state index in [1.54, 1.807) is 13.1 Å². The molecule has 1 heterocycles. The Balaban J connectivity index is 2.86. The van der Waals surface area contributed by atoms with Gasteiger partial charge < -0.3 is 11.1 Å². The molecule has 0 aliphatic carbocycles. The van der Waals surface area contributed by atoms with Crippen LogP contribution in [-0.4, -0.2) is 32.9 Å². The lowest BCUT2D eigenvalue weighted by Crippen LogP contribution is -2.28. The Morgan fingerprint density at radius 2 is 2.24 bits per heavy atom. The molecule has 0 aliphatic rings. The summed E-state index contributed by atoms with van der Waals surface area (Å²) in [7, 11) is -2.07. The number of carbonyl (C=O) groups is 1. The second kappa shape index (κ2) is 5.60. The molecule has 8 heteroatoms. The van der Waals surface area contributed by atoms with E-state index in [4.69, 9.17) is 5.73 Å². The minimum atomic E-state index is -3.68. The predicted octanol–water partition coefficient (Wildman–Crippen LogP) is -0.723. The first kappa shape index (κ1) is 13.4. The summed E-state index contributed by atoms with van der Waals surface area (Å²) in [6, 6.07) is 1.54. The Labute approximate surface area is 99.5 Å². The van der Waals surface area contributed by atoms with Gasteiger partial charge in [0.15, 0.2) is 0 Å². The van der Waals surface area contributed by atoms with Gasteiger partial charge in [0.2, 0.25) is 15.9 Å². The van der Waals surface area contributed by atoms with Gasteiger partial charge in [-0.1, -0.05) is 0 Å². The number of nitrogens with zero attached hydrogens (tertiary/aromatic N) is 1. The third-order valence-corrected chi connectivity index (χ3v) is 3.50. The van der Waals surface area contributed by atoms with E-state index in [1.807, 2.05) is 0 Å². The van der Waals surface area contributed by atoms with Gasteiger partial charge in [0.1, 0.15) is 4.90 Å². The van der Waals surface area contributed by atoms with E-state index >= 15 is 0 Å². The first-order valence-electron chi connectivity index (χ1n) is 4.87. The number of aromatic nitrogens is 1. The molecule has 0 aliphatic heterocycles. The fourth-order valence-corrected chi connectivity index (χ4v) is 2.37. The molecule has 0 bridgehead atoms. The number of pyridine rings is 1. The van der Waals surface area contributed by atoms with Crippen LogP contribution in [0.25, 0.3) is 0 Å². The highest BCUT2D eigenvalue weighted by Crippen LogP contribution is 2.18. The average molecular weight is 258 g/mol. The van der Waals surface area contributed by atoms with Crippen LogP contribution in [0, 0.1) is 0 Å². The summed E-state index contributed by atoms with van der Waals surface area (Å²) >= 11 is 0. The number of carbonyl (C=O) groups excluding carboxylic acids is 1. The molecule has 1 rings (SSSR count). The summed E-state index contributed by atoms with van der Waals surface area (Å²) in [5.41, 5.74) is 5.35. The Kier molecular flexibility index (Phi) is 4.41. The Hall–Kier alpha value is -1.67. The van der Waals surface area contributed by atoms with Gasteiger partial charge in [-0.05, 0) is 6.07 Å². The largest absolute Gasteiger partial charge is 0.387 e. The van der Waals surface area contributed by atoms with Crippen LogP contribution in [0.15, 0.2) is 23.4 Å². The minimum absolute atomic E-state index is 0.0320. The lowest BCUT2D eigenvalue weighted by molar-refractivity contribution is -0.117. The second-order valence-electron chi connectivity index (χ2n) is 3.24. The molecular weight excluding hydrogens is 244 g/mol. The Morgan fingerprint density at radius 1 is 1.53 bits per heavy atom. The highest BCUT2D eigenvalue weighted by atomic mass is 32.2. The molecule has 0 radical (unpaired) electrons. The molecule has 17 heavy (non-hydrogen) atoms. The zero-order valence-electron chi connectivity index (χ0n) is 9.30. The van der Waals surface area contributed by atoms with Crippen molar-refractivity contribution in [2.45, 2.75) is 11.3 Å². The monoisotopic (exact) mass is 258 g/mol. The van der Waals surface area contributed by atoms with E-state index < -0.39 is 15.9 Å². The van der Waals surface area contributed by atoms with Crippen molar-refractivity contribution in [3.63, 3.8) is 0 Å². The van der Waals surface area contributed by atoms with Crippen molar-refractivity contribution in [3.05, 3.63) is 18.5 Å². The molecule has 0 saturated carbocycles. The molecule has 94 valence electrons. The molecule has 0 aromatic carbocycles. The zero-order valence-corrected chi connectivity index (χ0v) is 10.1. The van der Waals surface area contributed by atoms with Crippen molar-refractivity contribution >= 4 is 21.6 Å². The maximum absolute atomic E-state index is 11.9. The molecule has 0 atom stereocenters. The average Bonchev–Trinajstić information content (AvgIpc) is 2.28. The van der Waals surface area contributed by atoms with Crippen molar-refractivity contribution in [2.75, 3.05) is 18.9 Å². The van der Waals surface area contributed by atoms with Gasteiger partial charge in [0.05, 0.1) is 5.69 Å². The Morgan fingerprint density at radius 3 is 2.82 bits per heavy atom. The molecule has 4 N–H and O–H groups in total. The SMILES string of the molecule is CNc1ccncc1S(=O)(=O)NCCC(N)=O. The molecular formula is C9H14N4O3S. The molecule has 0 fully saturated rings. The van der Waals surface area contributed by atoms with Gasteiger partial charge in [-0.2, -0.15) is 0 Å². The molecule has 1 aromatic rings. The van der Waals surface area contributed by atoms with Crippen molar-refractivity contribution < 1.29 is 13.2 Å². The smallest absolute Gasteiger partial charge is 0.244 e. The minimum Gasteiger partial charge on any atom is -0.387 e. The lowest BCUT2D eigenvalue weighted by atomic mass is 10.4. The van der Waals surface area contributed by atoms with Gasteiger partial charge >= 0.3 is 0 Å². The summed E-state index contributed by atoms with van der Waals surface area (Å²) in [5.74, 6) is -0.562. The van der Waals surface area contributed by atoms with Gasteiger partial charge in [-0.25, -0.2) is 13.1 Å². The zero-order chi connectivity index (χ0) is 12.9. The van der Waals surface area contributed by atoms with E-state index in [2.05, 4.69) is 15.0 Å². The number of amides is 1. The van der Waals surface area contributed by atoms with Gasteiger partial charge in [0.25, 0.3) is 0 Å². The van der Waals surface area contributed by atoms with E-state index in [0.29, 0.717) is 5.69 Å². The number of nitrogens with one attached hydrogen (secondary N) is 2. The maximum Gasteiger partial charge on any atom is 0.244 e. The van der Waals surface area contributed by atoms with E-state index in [1.165, 1.54) is 12.4 Å². The van der Waals surface area contributed by atoms with E-state index in [0.717, 1.165) is 0 Å². The number of hydrogen-bond donors (Lipinski definition) is 3. The topological polar surface area (TPSA) is 114 Å².